The van der Waals surface area contributed by atoms with Gasteiger partial charge in [-0.15, -0.1) is 0 Å². The van der Waals surface area contributed by atoms with Crippen molar-refractivity contribution in [2.75, 3.05) is 7.11 Å². The minimum Gasteiger partial charge on any atom is -0.493 e. The molecule has 2 aromatic rings. The number of rotatable bonds is 8. The average Bonchev–Trinajstić information content (AvgIpc) is 2.56. The van der Waals surface area contributed by atoms with Crippen molar-refractivity contribution < 1.29 is 26.7 Å². The van der Waals surface area contributed by atoms with E-state index in [-0.39, 0.29) is 28.8 Å². The van der Waals surface area contributed by atoms with E-state index < -0.39 is 16.6 Å². The molecular weight excluding hydrogens is 411 g/mol. The standard InChI is InChI=1S/C16H15Cl2F2NO4S/c1-24-15-7-10(3-5-14(15)25-16(19)20)8-21-26(22,23)9-11-2-4-12(17)13(18)6-11/h2-7,16,21H,8-9H2,1H3. The predicted octanol–water partition coefficient (Wildman–Crippen LogP) is 4.22. The fourth-order valence-corrected chi connectivity index (χ4v) is 3.54. The summed E-state index contributed by atoms with van der Waals surface area (Å²) in [6, 6.07) is 8.71. The molecule has 142 valence electrons. The third kappa shape index (κ3) is 5.98. The molecule has 0 saturated heterocycles. The summed E-state index contributed by atoms with van der Waals surface area (Å²) in [4.78, 5) is 0. The first-order chi connectivity index (χ1) is 12.2. The van der Waals surface area contributed by atoms with Gasteiger partial charge in [-0.2, -0.15) is 8.78 Å². The zero-order valence-corrected chi connectivity index (χ0v) is 15.8. The third-order valence-corrected chi connectivity index (χ3v) is 5.32. The molecule has 0 fully saturated rings. The van der Waals surface area contributed by atoms with Gasteiger partial charge in [-0.25, -0.2) is 13.1 Å². The third-order valence-electron chi connectivity index (χ3n) is 3.28. The van der Waals surface area contributed by atoms with E-state index in [2.05, 4.69) is 9.46 Å². The Bertz CT molecular complexity index is 879. The molecule has 26 heavy (non-hydrogen) atoms. The van der Waals surface area contributed by atoms with Gasteiger partial charge in [0, 0.05) is 6.54 Å². The Balaban J connectivity index is 2.05. The molecule has 0 bridgehead atoms. The van der Waals surface area contributed by atoms with Crippen LogP contribution in [-0.4, -0.2) is 22.1 Å². The zero-order valence-electron chi connectivity index (χ0n) is 13.5. The van der Waals surface area contributed by atoms with Crippen LogP contribution in [0.3, 0.4) is 0 Å². The van der Waals surface area contributed by atoms with Crippen LogP contribution in [0.15, 0.2) is 36.4 Å². The molecule has 0 spiro atoms. The largest absolute Gasteiger partial charge is 0.493 e. The summed E-state index contributed by atoms with van der Waals surface area (Å²) in [6.07, 6.45) is 0. The van der Waals surface area contributed by atoms with Crippen LogP contribution >= 0.6 is 23.2 Å². The topological polar surface area (TPSA) is 64.6 Å². The summed E-state index contributed by atoms with van der Waals surface area (Å²) in [5, 5.41) is 0.595. The lowest BCUT2D eigenvalue weighted by atomic mass is 10.2. The van der Waals surface area contributed by atoms with Crippen molar-refractivity contribution in [1.29, 1.82) is 0 Å². The smallest absolute Gasteiger partial charge is 0.387 e. The predicted molar refractivity (Wildman–Crippen MR) is 95.6 cm³/mol. The van der Waals surface area contributed by atoms with Gasteiger partial charge in [-0.05, 0) is 35.4 Å². The maximum absolute atomic E-state index is 12.3. The van der Waals surface area contributed by atoms with Gasteiger partial charge in [0.2, 0.25) is 10.0 Å². The number of ether oxygens (including phenoxy) is 2. The molecule has 0 unspecified atom stereocenters. The summed E-state index contributed by atoms with van der Waals surface area (Å²) in [5.74, 6) is -0.343. The number of hydrogen-bond acceptors (Lipinski definition) is 4. The minimum atomic E-state index is -3.65. The summed E-state index contributed by atoms with van der Waals surface area (Å²) in [7, 11) is -2.36. The number of nitrogens with one attached hydrogen (secondary N) is 1. The van der Waals surface area contributed by atoms with Crippen LogP contribution in [0.25, 0.3) is 0 Å². The van der Waals surface area contributed by atoms with Crippen molar-refractivity contribution in [2.24, 2.45) is 0 Å². The highest BCUT2D eigenvalue weighted by Crippen LogP contribution is 2.29. The van der Waals surface area contributed by atoms with E-state index in [0.717, 1.165) is 0 Å². The summed E-state index contributed by atoms with van der Waals surface area (Å²) in [5.41, 5.74) is 0.992. The minimum absolute atomic E-state index is 0.0467. The highest BCUT2D eigenvalue weighted by Gasteiger charge is 2.15. The van der Waals surface area contributed by atoms with Gasteiger partial charge in [0.05, 0.1) is 22.9 Å². The van der Waals surface area contributed by atoms with Crippen LogP contribution < -0.4 is 14.2 Å². The van der Waals surface area contributed by atoms with Crippen LogP contribution in [0, 0.1) is 0 Å². The number of sulfonamides is 1. The molecule has 0 heterocycles. The van der Waals surface area contributed by atoms with E-state index in [1.54, 1.807) is 6.07 Å². The molecule has 0 aliphatic rings. The van der Waals surface area contributed by atoms with Crippen molar-refractivity contribution >= 4 is 33.2 Å². The van der Waals surface area contributed by atoms with Crippen molar-refractivity contribution in [2.45, 2.75) is 18.9 Å². The zero-order chi connectivity index (χ0) is 19.3. The Morgan fingerprint density at radius 2 is 1.73 bits per heavy atom. The molecule has 0 aliphatic heterocycles. The SMILES string of the molecule is COc1cc(CNS(=O)(=O)Cc2ccc(Cl)c(Cl)c2)ccc1OC(F)F. The van der Waals surface area contributed by atoms with Gasteiger partial charge in [0.1, 0.15) is 0 Å². The van der Waals surface area contributed by atoms with Crippen LogP contribution in [0.4, 0.5) is 8.78 Å². The summed E-state index contributed by atoms with van der Waals surface area (Å²) < 4.78 is 60.7. The molecule has 5 nitrogen and oxygen atoms in total. The maximum atomic E-state index is 12.3. The Hall–Kier alpha value is -1.61. The highest BCUT2D eigenvalue weighted by atomic mass is 35.5. The average molecular weight is 426 g/mol. The molecule has 0 aliphatic carbocycles. The van der Waals surface area contributed by atoms with E-state index in [0.29, 0.717) is 16.1 Å². The van der Waals surface area contributed by atoms with Gasteiger partial charge >= 0.3 is 6.61 Å². The molecule has 0 saturated carbocycles. The number of alkyl halides is 2. The summed E-state index contributed by atoms with van der Waals surface area (Å²) >= 11 is 11.7. The second-order valence-corrected chi connectivity index (χ2v) is 7.81. The van der Waals surface area contributed by atoms with E-state index in [1.165, 1.54) is 37.4 Å². The first-order valence-corrected chi connectivity index (χ1v) is 9.64. The quantitative estimate of drug-likeness (QED) is 0.687. The summed E-state index contributed by atoms with van der Waals surface area (Å²) in [6.45, 7) is -3.03. The normalized spacial score (nSPS) is 11.6. The molecule has 1 N–H and O–H groups in total. The highest BCUT2D eigenvalue weighted by molar-refractivity contribution is 7.88. The Labute approximate surface area is 159 Å². The van der Waals surface area contributed by atoms with Crippen LogP contribution in [-0.2, 0) is 22.3 Å². The molecule has 2 rings (SSSR count). The first-order valence-electron chi connectivity index (χ1n) is 7.23. The number of benzene rings is 2. The maximum Gasteiger partial charge on any atom is 0.387 e. The number of methoxy groups -OCH3 is 1. The lowest BCUT2D eigenvalue weighted by Gasteiger charge is -2.12. The van der Waals surface area contributed by atoms with E-state index in [1.807, 2.05) is 0 Å². The van der Waals surface area contributed by atoms with Crippen LogP contribution in [0.1, 0.15) is 11.1 Å². The monoisotopic (exact) mass is 425 g/mol. The van der Waals surface area contributed by atoms with Crippen molar-refractivity contribution in [3.05, 3.63) is 57.6 Å². The van der Waals surface area contributed by atoms with Crippen molar-refractivity contribution in [3.63, 3.8) is 0 Å². The second-order valence-electron chi connectivity index (χ2n) is 5.19. The molecule has 2 aromatic carbocycles. The van der Waals surface area contributed by atoms with Crippen molar-refractivity contribution in [1.82, 2.24) is 4.72 Å². The number of halogens is 4. The first kappa shape index (κ1) is 20.7. The van der Waals surface area contributed by atoms with Gasteiger partial charge in [-0.3, -0.25) is 0 Å². The van der Waals surface area contributed by atoms with Gasteiger partial charge < -0.3 is 9.47 Å². The van der Waals surface area contributed by atoms with Crippen LogP contribution in [0.2, 0.25) is 10.0 Å². The Morgan fingerprint density at radius 3 is 2.35 bits per heavy atom. The Kier molecular flexibility index (Phi) is 7.05. The fourth-order valence-electron chi connectivity index (χ4n) is 2.11. The lowest BCUT2D eigenvalue weighted by Crippen LogP contribution is -2.24. The number of hydrogen-bond donors (Lipinski definition) is 1. The molecule has 0 aromatic heterocycles. The van der Waals surface area contributed by atoms with Gasteiger partial charge in [0.15, 0.2) is 11.5 Å². The molecular formula is C16H15Cl2F2NO4S. The van der Waals surface area contributed by atoms with E-state index in [4.69, 9.17) is 27.9 Å². The van der Waals surface area contributed by atoms with Crippen LogP contribution in [0.5, 0.6) is 11.5 Å². The lowest BCUT2D eigenvalue weighted by molar-refractivity contribution is -0.0512. The Morgan fingerprint density at radius 1 is 1.04 bits per heavy atom. The second kappa shape index (κ2) is 8.85. The molecule has 0 atom stereocenters. The van der Waals surface area contributed by atoms with Crippen molar-refractivity contribution in [3.8, 4) is 11.5 Å². The van der Waals surface area contributed by atoms with E-state index >= 15 is 0 Å². The fraction of sp³-hybridized carbons (Fsp3) is 0.250. The van der Waals surface area contributed by atoms with Gasteiger partial charge in [0.25, 0.3) is 0 Å². The van der Waals surface area contributed by atoms with E-state index in [9.17, 15) is 17.2 Å². The molecule has 0 radical (unpaired) electrons. The molecule has 0 amide bonds. The molecule has 10 heteroatoms. The van der Waals surface area contributed by atoms with Gasteiger partial charge in [-0.1, -0.05) is 35.3 Å².